The minimum Gasteiger partial charge on any atom is -0.340 e. The Morgan fingerprint density at radius 1 is 1.29 bits per heavy atom. The van der Waals surface area contributed by atoms with E-state index in [1.807, 2.05) is 6.92 Å². The number of hydrogen-bond acceptors (Lipinski definition) is 4. The lowest BCUT2D eigenvalue weighted by Gasteiger charge is -2.17. The zero-order chi connectivity index (χ0) is 11.8. The number of fused-ring (bicyclic) bond motifs is 1. The molecule has 88 valence electrons. The average molecular weight is 228 g/mol. The molecule has 2 fully saturated rings. The summed E-state index contributed by atoms with van der Waals surface area (Å²) in [6.45, 7) is 4.06. The number of rotatable bonds is 1. The van der Waals surface area contributed by atoms with Crippen molar-refractivity contribution >= 4 is 5.95 Å². The summed E-state index contributed by atoms with van der Waals surface area (Å²) in [5.74, 6) is 2.39. The molecule has 1 aliphatic heterocycles. The van der Waals surface area contributed by atoms with Gasteiger partial charge in [-0.05, 0) is 37.7 Å². The van der Waals surface area contributed by atoms with E-state index in [0.29, 0.717) is 5.69 Å². The van der Waals surface area contributed by atoms with Gasteiger partial charge in [0.15, 0.2) is 0 Å². The van der Waals surface area contributed by atoms with E-state index in [9.17, 15) is 0 Å². The van der Waals surface area contributed by atoms with E-state index in [4.69, 9.17) is 5.26 Å². The van der Waals surface area contributed by atoms with Crippen LogP contribution in [0.4, 0.5) is 5.95 Å². The molecule has 4 nitrogen and oxygen atoms in total. The first kappa shape index (κ1) is 10.5. The number of nitrogens with zero attached hydrogens (tertiary/aromatic N) is 4. The van der Waals surface area contributed by atoms with Crippen LogP contribution in [-0.4, -0.2) is 23.1 Å². The van der Waals surface area contributed by atoms with Crippen molar-refractivity contribution < 1.29 is 0 Å². The highest BCUT2D eigenvalue weighted by Crippen LogP contribution is 2.38. The standard InChI is InChI=1S/C13H16N4/c1-9-5-12(6-14)16-13(15-9)17-7-10-3-2-4-11(10)8-17/h5,10-11H,2-4,7-8H2,1H3. The summed E-state index contributed by atoms with van der Waals surface area (Å²) in [5, 5.41) is 8.93. The molecule has 1 saturated heterocycles. The highest BCUT2D eigenvalue weighted by molar-refractivity contribution is 5.37. The van der Waals surface area contributed by atoms with Crippen molar-refractivity contribution in [2.45, 2.75) is 26.2 Å². The van der Waals surface area contributed by atoms with Crippen LogP contribution < -0.4 is 4.90 Å². The van der Waals surface area contributed by atoms with E-state index in [1.54, 1.807) is 6.07 Å². The molecule has 2 atom stereocenters. The molecule has 0 N–H and O–H groups in total. The van der Waals surface area contributed by atoms with Crippen molar-refractivity contribution in [3.8, 4) is 6.07 Å². The Kier molecular flexibility index (Phi) is 2.47. The third kappa shape index (κ3) is 1.86. The first-order chi connectivity index (χ1) is 8.26. The molecule has 2 unspecified atom stereocenters. The molecule has 3 rings (SSSR count). The lowest BCUT2D eigenvalue weighted by Crippen LogP contribution is -2.23. The van der Waals surface area contributed by atoms with Gasteiger partial charge >= 0.3 is 0 Å². The Hall–Kier alpha value is -1.63. The van der Waals surface area contributed by atoms with Crippen LogP contribution in [0, 0.1) is 30.1 Å². The van der Waals surface area contributed by atoms with E-state index in [-0.39, 0.29) is 0 Å². The summed E-state index contributed by atoms with van der Waals surface area (Å²) in [6.07, 6.45) is 4.07. The van der Waals surface area contributed by atoms with E-state index >= 15 is 0 Å². The van der Waals surface area contributed by atoms with Crippen molar-refractivity contribution in [2.75, 3.05) is 18.0 Å². The van der Waals surface area contributed by atoms with E-state index in [0.717, 1.165) is 36.6 Å². The molecule has 17 heavy (non-hydrogen) atoms. The number of anilines is 1. The highest BCUT2D eigenvalue weighted by atomic mass is 15.3. The fraction of sp³-hybridized carbons (Fsp3) is 0.615. The van der Waals surface area contributed by atoms with Crippen LogP contribution >= 0.6 is 0 Å². The number of aryl methyl sites for hydroxylation is 1. The molecule has 0 aromatic carbocycles. The van der Waals surface area contributed by atoms with Crippen LogP contribution in [-0.2, 0) is 0 Å². The lowest BCUT2D eigenvalue weighted by atomic mass is 10.0. The van der Waals surface area contributed by atoms with Crippen molar-refractivity contribution in [3.05, 3.63) is 17.5 Å². The summed E-state index contributed by atoms with van der Waals surface area (Å²) < 4.78 is 0. The van der Waals surface area contributed by atoms with Crippen LogP contribution in [0.25, 0.3) is 0 Å². The van der Waals surface area contributed by atoms with Gasteiger partial charge in [0.25, 0.3) is 0 Å². The van der Waals surface area contributed by atoms with Crippen LogP contribution in [0.15, 0.2) is 6.07 Å². The molecule has 1 aliphatic carbocycles. The summed E-state index contributed by atoms with van der Waals surface area (Å²) in [5.41, 5.74) is 1.35. The second kappa shape index (κ2) is 3.99. The van der Waals surface area contributed by atoms with Gasteiger partial charge in [0.1, 0.15) is 11.8 Å². The molecule has 1 aromatic rings. The van der Waals surface area contributed by atoms with Gasteiger partial charge in [0.2, 0.25) is 5.95 Å². The topological polar surface area (TPSA) is 52.8 Å². The SMILES string of the molecule is Cc1cc(C#N)nc(N2CC3CCCC3C2)n1. The minimum atomic E-state index is 0.476. The maximum Gasteiger partial charge on any atom is 0.226 e. The monoisotopic (exact) mass is 228 g/mol. The average Bonchev–Trinajstić information content (AvgIpc) is 2.88. The Labute approximate surface area is 101 Å². The van der Waals surface area contributed by atoms with E-state index in [1.165, 1.54) is 19.3 Å². The molecule has 2 aliphatic rings. The maximum absolute atomic E-state index is 8.93. The molecule has 4 heteroatoms. The predicted octanol–water partition coefficient (Wildman–Crippen LogP) is 1.89. The second-order valence-electron chi connectivity index (χ2n) is 5.16. The van der Waals surface area contributed by atoms with Gasteiger partial charge in [-0.15, -0.1) is 0 Å². The van der Waals surface area contributed by atoms with E-state index < -0.39 is 0 Å². The molecule has 0 spiro atoms. The van der Waals surface area contributed by atoms with Gasteiger partial charge < -0.3 is 4.90 Å². The Morgan fingerprint density at radius 3 is 2.65 bits per heavy atom. The summed E-state index contributed by atoms with van der Waals surface area (Å²) in [6, 6.07) is 3.84. The highest BCUT2D eigenvalue weighted by Gasteiger charge is 2.37. The van der Waals surface area contributed by atoms with Gasteiger partial charge in [-0.1, -0.05) is 6.42 Å². The molecule has 1 saturated carbocycles. The Bertz CT molecular complexity index is 465. The van der Waals surface area contributed by atoms with Gasteiger partial charge in [-0.2, -0.15) is 5.26 Å². The number of nitriles is 1. The first-order valence-corrected chi connectivity index (χ1v) is 6.27. The van der Waals surface area contributed by atoms with Crippen molar-refractivity contribution in [3.63, 3.8) is 0 Å². The zero-order valence-electron chi connectivity index (χ0n) is 10.1. The molecular formula is C13H16N4. The van der Waals surface area contributed by atoms with Gasteiger partial charge in [-0.3, -0.25) is 0 Å². The van der Waals surface area contributed by atoms with Crippen LogP contribution in [0.5, 0.6) is 0 Å². The van der Waals surface area contributed by atoms with Crippen molar-refractivity contribution in [1.82, 2.24) is 9.97 Å². The van der Waals surface area contributed by atoms with E-state index in [2.05, 4.69) is 20.9 Å². The molecule has 1 aromatic heterocycles. The molecule has 2 heterocycles. The Balaban J connectivity index is 1.86. The van der Waals surface area contributed by atoms with Crippen molar-refractivity contribution in [1.29, 1.82) is 5.26 Å². The third-order valence-electron chi connectivity index (χ3n) is 3.97. The zero-order valence-corrected chi connectivity index (χ0v) is 10.1. The van der Waals surface area contributed by atoms with Crippen molar-refractivity contribution in [2.24, 2.45) is 11.8 Å². The fourth-order valence-electron chi connectivity index (χ4n) is 3.15. The third-order valence-corrected chi connectivity index (χ3v) is 3.97. The number of hydrogen-bond donors (Lipinski definition) is 0. The van der Waals surface area contributed by atoms with Crippen LogP contribution in [0.3, 0.4) is 0 Å². The predicted molar refractivity (Wildman–Crippen MR) is 64.5 cm³/mol. The van der Waals surface area contributed by atoms with Crippen LogP contribution in [0.1, 0.15) is 30.7 Å². The Morgan fingerprint density at radius 2 is 2.00 bits per heavy atom. The molecule has 0 amide bonds. The van der Waals surface area contributed by atoms with Crippen LogP contribution in [0.2, 0.25) is 0 Å². The normalized spacial score (nSPS) is 26.9. The van der Waals surface area contributed by atoms with Gasteiger partial charge in [-0.25, -0.2) is 9.97 Å². The molecular weight excluding hydrogens is 212 g/mol. The summed E-state index contributed by atoms with van der Waals surface area (Å²) in [4.78, 5) is 11.0. The second-order valence-corrected chi connectivity index (χ2v) is 5.16. The maximum atomic E-state index is 8.93. The smallest absolute Gasteiger partial charge is 0.226 e. The first-order valence-electron chi connectivity index (χ1n) is 6.27. The largest absolute Gasteiger partial charge is 0.340 e. The van der Waals surface area contributed by atoms with Gasteiger partial charge in [0.05, 0.1) is 0 Å². The quantitative estimate of drug-likeness (QED) is 0.736. The fourth-order valence-corrected chi connectivity index (χ4v) is 3.15. The lowest BCUT2D eigenvalue weighted by molar-refractivity contribution is 0.494. The molecule has 0 radical (unpaired) electrons. The summed E-state index contributed by atoms with van der Waals surface area (Å²) in [7, 11) is 0. The summed E-state index contributed by atoms with van der Waals surface area (Å²) >= 11 is 0. The minimum absolute atomic E-state index is 0.476. The number of aromatic nitrogens is 2. The van der Waals surface area contributed by atoms with Gasteiger partial charge in [0, 0.05) is 18.8 Å². The molecule has 0 bridgehead atoms.